The highest BCUT2D eigenvalue weighted by Crippen LogP contribution is 2.04. The molecule has 3 heteroatoms. The molecule has 1 atom stereocenters. The van der Waals surface area contributed by atoms with Crippen molar-refractivity contribution >= 4 is 5.97 Å². The summed E-state index contributed by atoms with van der Waals surface area (Å²) in [5, 5.41) is 0. The third kappa shape index (κ3) is 3.18. The Bertz CT molecular complexity index is 282. The first-order chi connectivity index (χ1) is 6.74. The number of hydrogen-bond acceptors (Lipinski definition) is 3. The maximum absolute atomic E-state index is 11.4. The number of benzene rings is 1. The quantitative estimate of drug-likeness (QED) is 0.544. The summed E-state index contributed by atoms with van der Waals surface area (Å²) >= 11 is 0. The smallest absolute Gasteiger partial charge is 0.340 e. The lowest BCUT2D eigenvalue weighted by molar-refractivity contribution is -0.0736. The Morgan fingerprint density at radius 1 is 1.36 bits per heavy atom. The fourth-order valence-corrected chi connectivity index (χ4v) is 1.01. The summed E-state index contributed by atoms with van der Waals surface area (Å²) in [7, 11) is 0. The molecule has 0 amide bonds. The van der Waals surface area contributed by atoms with Crippen molar-refractivity contribution < 1.29 is 14.3 Å². The molecular weight excluding hydrogens is 180 g/mol. The van der Waals surface area contributed by atoms with E-state index in [1.165, 1.54) is 6.61 Å². The van der Waals surface area contributed by atoms with Crippen molar-refractivity contribution in [2.24, 2.45) is 0 Å². The van der Waals surface area contributed by atoms with Crippen LogP contribution in [0.4, 0.5) is 0 Å². The van der Waals surface area contributed by atoms with E-state index in [-0.39, 0.29) is 5.97 Å². The minimum absolute atomic E-state index is 0.375. The summed E-state index contributed by atoms with van der Waals surface area (Å²) in [6, 6.07) is 8.81. The van der Waals surface area contributed by atoms with Crippen LogP contribution in [0.25, 0.3) is 0 Å². The number of hydrogen-bond donors (Lipinski definition) is 0. The van der Waals surface area contributed by atoms with Gasteiger partial charge >= 0.3 is 5.97 Å². The van der Waals surface area contributed by atoms with Crippen LogP contribution in [0.5, 0.6) is 0 Å². The summed E-state index contributed by atoms with van der Waals surface area (Å²) in [5.41, 5.74) is 0.527. The Morgan fingerprint density at radius 3 is 2.57 bits per heavy atom. The molecule has 1 unspecified atom stereocenters. The molecule has 1 rings (SSSR count). The van der Waals surface area contributed by atoms with E-state index in [9.17, 15) is 4.79 Å². The van der Waals surface area contributed by atoms with Crippen molar-refractivity contribution in [1.29, 1.82) is 0 Å². The molecule has 0 aliphatic rings. The standard InChI is InChI=1S/C11H13O3/c1-3-13-9(2)14-11(12)10-7-5-4-6-8-10/h3-9H,1-2H3. The van der Waals surface area contributed by atoms with Crippen LogP contribution in [-0.2, 0) is 9.47 Å². The molecule has 3 nitrogen and oxygen atoms in total. The SMILES string of the molecule is C[CH]OC(C)OC(=O)c1ccccc1. The maximum atomic E-state index is 11.4. The van der Waals surface area contributed by atoms with Crippen molar-refractivity contribution in [3.05, 3.63) is 42.5 Å². The zero-order chi connectivity index (χ0) is 10.4. The zero-order valence-corrected chi connectivity index (χ0v) is 8.27. The van der Waals surface area contributed by atoms with Crippen LogP contribution in [0.15, 0.2) is 30.3 Å². The van der Waals surface area contributed by atoms with E-state index < -0.39 is 6.29 Å². The average Bonchev–Trinajstić information content (AvgIpc) is 2.19. The van der Waals surface area contributed by atoms with E-state index in [1.54, 1.807) is 38.1 Å². The molecule has 0 bridgehead atoms. The van der Waals surface area contributed by atoms with Crippen molar-refractivity contribution in [1.82, 2.24) is 0 Å². The van der Waals surface area contributed by atoms with Gasteiger partial charge in [-0.3, -0.25) is 0 Å². The number of carbonyl (C=O) groups is 1. The van der Waals surface area contributed by atoms with Gasteiger partial charge in [0.1, 0.15) is 0 Å². The van der Waals surface area contributed by atoms with Crippen LogP contribution in [-0.4, -0.2) is 12.3 Å². The van der Waals surface area contributed by atoms with Crippen molar-refractivity contribution in [3.63, 3.8) is 0 Å². The van der Waals surface area contributed by atoms with E-state index in [2.05, 4.69) is 0 Å². The lowest BCUT2D eigenvalue weighted by Crippen LogP contribution is -2.16. The predicted octanol–water partition coefficient (Wildman–Crippen LogP) is 2.39. The van der Waals surface area contributed by atoms with Gasteiger partial charge in [-0.15, -0.1) is 0 Å². The average molecular weight is 193 g/mol. The second kappa shape index (κ2) is 5.40. The monoisotopic (exact) mass is 193 g/mol. The normalized spacial score (nSPS) is 12.1. The number of ether oxygens (including phenoxy) is 2. The van der Waals surface area contributed by atoms with Crippen LogP contribution < -0.4 is 0 Å². The van der Waals surface area contributed by atoms with Gasteiger partial charge in [-0.2, -0.15) is 0 Å². The largest absolute Gasteiger partial charge is 0.432 e. The Kier molecular flexibility index (Phi) is 4.13. The third-order valence-corrected chi connectivity index (χ3v) is 1.61. The zero-order valence-electron chi connectivity index (χ0n) is 8.27. The first kappa shape index (κ1) is 10.7. The molecule has 75 valence electrons. The number of carbonyl (C=O) groups excluding carboxylic acids is 1. The lowest BCUT2D eigenvalue weighted by atomic mass is 10.2. The first-order valence-electron chi connectivity index (χ1n) is 4.43. The van der Waals surface area contributed by atoms with E-state index in [0.29, 0.717) is 5.56 Å². The highest BCUT2D eigenvalue weighted by molar-refractivity contribution is 5.89. The van der Waals surface area contributed by atoms with Crippen LogP contribution in [0.3, 0.4) is 0 Å². The van der Waals surface area contributed by atoms with Gasteiger partial charge in [-0.25, -0.2) is 4.79 Å². The molecule has 0 spiro atoms. The summed E-state index contributed by atoms with van der Waals surface area (Å²) in [4.78, 5) is 11.4. The highest BCUT2D eigenvalue weighted by atomic mass is 16.7. The number of rotatable bonds is 4. The van der Waals surface area contributed by atoms with Gasteiger partial charge in [0.15, 0.2) is 0 Å². The van der Waals surface area contributed by atoms with Gasteiger partial charge in [0.2, 0.25) is 6.29 Å². The molecule has 1 aromatic rings. The van der Waals surface area contributed by atoms with Gasteiger partial charge < -0.3 is 9.47 Å². The summed E-state index contributed by atoms with van der Waals surface area (Å²) in [5.74, 6) is -0.375. The molecule has 0 aliphatic carbocycles. The Morgan fingerprint density at radius 2 is 2.00 bits per heavy atom. The van der Waals surface area contributed by atoms with Crippen LogP contribution in [0.1, 0.15) is 24.2 Å². The minimum Gasteiger partial charge on any atom is -0.432 e. The first-order valence-corrected chi connectivity index (χ1v) is 4.43. The predicted molar refractivity (Wildman–Crippen MR) is 52.4 cm³/mol. The molecule has 0 aliphatic heterocycles. The van der Waals surface area contributed by atoms with E-state index in [0.717, 1.165) is 0 Å². The molecule has 0 aromatic heterocycles. The molecule has 0 N–H and O–H groups in total. The summed E-state index contributed by atoms with van der Waals surface area (Å²) < 4.78 is 9.95. The molecule has 0 saturated heterocycles. The van der Waals surface area contributed by atoms with Gasteiger partial charge in [0.05, 0.1) is 12.2 Å². The summed E-state index contributed by atoms with van der Waals surface area (Å²) in [6.45, 7) is 4.89. The molecule has 1 aromatic carbocycles. The highest BCUT2D eigenvalue weighted by Gasteiger charge is 2.10. The van der Waals surface area contributed by atoms with E-state index >= 15 is 0 Å². The van der Waals surface area contributed by atoms with Gasteiger partial charge in [0, 0.05) is 0 Å². The van der Waals surface area contributed by atoms with Crippen molar-refractivity contribution in [3.8, 4) is 0 Å². The molecule has 0 saturated carbocycles. The Labute approximate surface area is 83.6 Å². The Balaban J connectivity index is 2.51. The Hall–Kier alpha value is -1.35. The van der Waals surface area contributed by atoms with Crippen molar-refractivity contribution in [2.45, 2.75) is 20.1 Å². The molecule has 0 heterocycles. The third-order valence-electron chi connectivity index (χ3n) is 1.61. The van der Waals surface area contributed by atoms with Crippen molar-refractivity contribution in [2.75, 3.05) is 0 Å². The van der Waals surface area contributed by atoms with E-state index in [4.69, 9.17) is 9.47 Å². The molecule has 14 heavy (non-hydrogen) atoms. The van der Waals surface area contributed by atoms with Gasteiger partial charge in [0.25, 0.3) is 0 Å². The van der Waals surface area contributed by atoms with Gasteiger partial charge in [-0.1, -0.05) is 18.2 Å². The topological polar surface area (TPSA) is 35.5 Å². The number of esters is 1. The fraction of sp³-hybridized carbons (Fsp3) is 0.273. The lowest BCUT2D eigenvalue weighted by Gasteiger charge is -2.12. The van der Waals surface area contributed by atoms with Crippen LogP contribution >= 0.6 is 0 Å². The van der Waals surface area contributed by atoms with Gasteiger partial charge in [-0.05, 0) is 26.0 Å². The second-order valence-corrected chi connectivity index (χ2v) is 2.71. The van der Waals surface area contributed by atoms with E-state index in [1.807, 2.05) is 6.07 Å². The second-order valence-electron chi connectivity index (χ2n) is 2.71. The molecular formula is C11H13O3. The van der Waals surface area contributed by atoms with Crippen LogP contribution in [0.2, 0.25) is 0 Å². The fourth-order valence-electron chi connectivity index (χ4n) is 1.01. The van der Waals surface area contributed by atoms with Crippen LogP contribution in [0, 0.1) is 6.61 Å². The minimum atomic E-state index is -0.548. The summed E-state index contributed by atoms with van der Waals surface area (Å²) in [6.07, 6.45) is -0.548. The molecule has 1 radical (unpaired) electrons. The molecule has 0 fully saturated rings. The maximum Gasteiger partial charge on any atom is 0.340 e.